The molecule has 1 aromatic heterocycles. The first kappa shape index (κ1) is 11.1. The number of nitrogens with zero attached hydrogens (tertiary/aromatic N) is 1. The SMILES string of the molecule is O=Cc1cncc(OCC2CCCCC2)c1. The molecule has 3 heteroatoms. The minimum Gasteiger partial charge on any atom is -0.492 e. The van der Waals surface area contributed by atoms with Gasteiger partial charge < -0.3 is 4.74 Å². The second-order valence-electron chi connectivity index (χ2n) is 4.39. The normalized spacial score (nSPS) is 17.0. The lowest BCUT2D eigenvalue weighted by atomic mass is 9.90. The van der Waals surface area contributed by atoms with Crippen LogP contribution in [-0.4, -0.2) is 17.9 Å². The van der Waals surface area contributed by atoms with Gasteiger partial charge in [-0.05, 0) is 24.8 Å². The van der Waals surface area contributed by atoms with Gasteiger partial charge >= 0.3 is 0 Å². The molecule has 1 fully saturated rings. The summed E-state index contributed by atoms with van der Waals surface area (Å²) in [5.74, 6) is 1.38. The second-order valence-corrected chi connectivity index (χ2v) is 4.39. The fourth-order valence-corrected chi connectivity index (χ4v) is 2.15. The van der Waals surface area contributed by atoms with Crippen LogP contribution in [0.5, 0.6) is 5.75 Å². The van der Waals surface area contributed by atoms with Gasteiger partial charge in [0.05, 0.1) is 12.8 Å². The lowest BCUT2D eigenvalue weighted by Gasteiger charge is -2.21. The van der Waals surface area contributed by atoms with Crippen molar-refractivity contribution in [3.63, 3.8) is 0 Å². The van der Waals surface area contributed by atoms with Gasteiger partial charge in [0.25, 0.3) is 0 Å². The van der Waals surface area contributed by atoms with Crippen LogP contribution in [0.4, 0.5) is 0 Å². The highest BCUT2D eigenvalue weighted by atomic mass is 16.5. The molecule has 0 N–H and O–H groups in total. The van der Waals surface area contributed by atoms with Crippen molar-refractivity contribution in [3.8, 4) is 5.75 Å². The van der Waals surface area contributed by atoms with Crippen molar-refractivity contribution in [1.29, 1.82) is 0 Å². The first-order chi connectivity index (χ1) is 7.88. The average Bonchev–Trinajstić information content (AvgIpc) is 2.38. The Morgan fingerprint density at radius 3 is 2.88 bits per heavy atom. The Morgan fingerprint density at radius 2 is 2.12 bits per heavy atom. The van der Waals surface area contributed by atoms with Crippen molar-refractivity contribution in [2.75, 3.05) is 6.61 Å². The van der Waals surface area contributed by atoms with E-state index in [1.807, 2.05) is 0 Å². The minimum atomic E-state index is 0.571. The number of ether oxygens (including phenoxy) is 1. The first-order valence-electron chi connectivity index (χ1n) is 5.91. The lowest BCUT2D eigenvalue weighted by Crippen LogP contribution is -2.15. The van der Waals surface area contributed by atoms with Gasteiger partial charge in [-0.2, -0.15) is 0 Å². The number of aromatic nitrogens is 1. The van der Waals surface area contributed by atoms with E-state index in [2.05, 4.69) is 4.98 Å². The van der Waals surface area contributed by atoms with Crippen molar-refractivity contribution < 1.29 is 9.53 Å². The molecular formula is C13H17NO2. The summed E-state index contributed by atoms with van der Waals surface area (Å²) in [5.41, 5.74) is 0.571. The van der Waals surface area contributed by atoms with Crippen molar-refractivity contribution in [2.45, 2.75) is 32.1 Å². The molecule has 0 amide bonds. The third kappa shape index (κ3) is 3.05. The number of carbonyl (C=O) groups is 1. The van der Waals surface area contributed by atoms with Gasteiger partial charge in [0, 0.05) is 11.8 Å². The Kier molecular flexibility index (Phi) is 3.91. The van der Waals surface area contributed by atoms with Gasteiger partial charge in [0.1, 0.15) is 5.75 Å². The Morgan fingerprint density at radius 1 is 1.31 bits per heavy atom. The fraction of sp³-hybridized carbons (Fsp3) is 0.538. The zero-order valence-electron chi connectivity index (χ0n) is 9.39. The van der Waals surface area contributed by atoms with Crippen molar-refractivity contribution in [1.82, 2.24) is 4.98 Å². The third-order valence-corrected chi connectivity index (χ3v) is 3.08. The summed E-state index contributed by atoms with van der Waals surface area (Å²) in [6, 6.07) is 1.74. The molecule has 1 aromatic rings. The zero-order chi connectivity index (χ0) is 11.2. The lowest BCUT2D eigenvalue weighted by molar-refractivity contribution is 0.112. The van der Waals surface area contributed by atoms with Crippen LogP contribution in [0.25, 0.3) is 0 Å². The molecule has 0 aliphatic heterocycles. The summed E-state index contributed by atoms with van der Waals surface area (Å²) in [6.07, 6.45) is 10.5. The molecule has 1 saturated carbocycles. The van der Waals surface area contributed by atoms with Crippen molar-refractivity contribution in [3.05, 3.63) is 24.0 Å². The Labute approximate surface area is 95.8 Å². The van der Waals surface area contributed by atoms with E-state index in [1.54, 1.807) is 18.5 Å². The van der Waals surface area contributed by atoms with Gasteiger partial charge in [0.15, 0.2) is 6.29 Å². The quantitative estimate of drug-likeness (QED) is 0.731. The zero-order valence-corrected chi connectivity index (χ0v) is 9.39. The van der Waals surface area contributed by atoms with E-state index in [1.165, 1.54) is 32.1 Å². The molecule has 0 spiro atoms. The Bertz CT molecular complexity index is 346. The van der Waals surface area contributed by atoms with Crippen LogP contribution in [0.15, 0.2) is 18.5 Å². The Hall–Kier alpha value is -1.38. The van der Waals surface area contributed by atoms with E-state index in [0.29, 0.717) is 17.2 Å². The van der Waals surface area contributed by atoms with Gasteiger partial charge in [0.2, 0.25) is 0 Å². The van der Waals surface area contributed by atoms with E-state index in [4.69, 9.17) is 4.74 Å². The molecule has 3 nitrogen and oxygen atoms in total. The largest absolute Gasteiger partial charge is 0.492 e. The van der Waals surface area contributed by atoms with Crippen LogP contribution in [0, 0.1) is 5.92 Å². The topological polar surface area (TPSA) is 39.2 Å². The smallest absolute Gasteiger partial charge is 0.151 e. The second kappa shape index (κ2) is 5.64. The van der Waals surface area contributed by atoms with Gasteiger partial charge in [-0.15, -0.1) is 0 Å². The number of hydrogen-bond acceptors (Lipinski definition) is 3. The summed E-state index contributed by atoms with van der Waals surface area (Å²) < 4.78 is 5.67. The summed E-state index contributed by atoms with van der Waals surface area (Å²) in [6.45, 7) is 0.754. The molecule has 1 aliphatic carbocycles. The van der Waals surface area contributed by atoms with Crippen molar-refractivity contribution in [2.24, 2.45) is 5.92 Å². The molecule has 0 atom stereocenters. The molecule has 0 unspecified atom stereocenters. The minimum absolute atomic E-state index is 0.571. The molecular weight excluding hydrogens is 202 g/mol. The monoisotopic (exact) mass is 219 g/mol. The van der Waals surface area contributed by atoms with Crippen LogP contribution in [0.3, 0.4) is 0 Å². The summed E-state index contributed by atoms with van der Waals surface area (Å²) >= 11 is 0. The number of rotatable bonds is 4. The number of aldehydes is 1. The van der Waals surface area contributed by atoms with E-state index >= 15 is 0 Å². The Balaban J connectivity index is 1.85. The molecule has 1 aliphatic rings. The van der Waals surface area contributed by atoms with E-state index in [-0.39, 0.29) is 0 Å². The van der Waals surface area contributed by atoms with Crippen LogP contribution in [0.2, 0.25) is 0 Å². The van der Waals surface area contributed by atoms with Crippen LogP contribution < -0.4 is 4.74 Å². The summed E-state index contributed by atoms with van der Waals surface area (Å²) in [7, 11) is 0. The van der Waals surface area contributed by atoms with Crippen molar-refractivity contribution >= 4 is 6.29 Å². The number of pyridine rings is 1. The summed E-state index contributed by atoms with van der Waals surface area (Å²) in [4.78, 5) is 14.5. The average molecular weight is 219 g/mol. The maximum absolute atomic E-state index is 10.6. The predicted molar refractivity (Wildman–Crippen MR) is 61.7 cm³/mol. The number of hydrogen-bond donors (Lipinski definition) is 0. The highest BCUT2D eigenvalue weighted by molar-refractivity contribution is 5.74. The van der Waals surface area contributed by atoms with E-state index < -0.39 is 0 Å². The highest BCUT2D eigenvalue weighted by Crippen LogP contribution is 2.24. The van der Waals surface area contributed by atoms with Gasteiger partial charge in [-0.25, -0.2) is 0 Å². The summed E-state index contributed by atoms with van der Waals surface area (Å²) in [5, 5.41) is 0. The van der Waals surface area contributed by atoms with Gasteiger partial charge in [-0.3, -0.25) is 9.78 Å². The highest BCUT2D eigenvalue weighted by Gasteiger charge is 2.13. The van der Waals surface area contributed by atoms with E-state index in [9.17, 15) is 4.79 Å². The molecule has 0 radical (unpaired) electrons. The first-order valence-corrected chi connectivity index (χ1v) is 5.91. The molecule has 86 valence electrons. The number of carbonyl (C=O) groups excluding carboxylic acids is 1. The maximum Gasteiger partial charge on any atom is 0.151 e. The van der Waals surface area contributed by atoms with Gasteiger partial charge in [-0.1, -0.05) is 19.3 Å². The maximum atomic E-state index is 10.6. The molecule has 1 heterocycles. The molecule has 0 saturated heterocycles. The van der Waals surface area contributed by atoms with Crippen LogP contribution >= 0.6 is 0 Å². The third-order valence-electron chi connectivity index (χ3n) is 3.08. The van der Waals surface area contributed by atoms with E-state index in [0.717, 1.165) is 12.9 Å². The molecule has 0 aromatic carbocycles. The standard InChI is InChI=1S/C13H17NO2/c15-9-12-6-13(8-14-7-12)16-10-11-4-2-1-3-5-11/h6-9,11H,1-5,10H2. The molecule has 16 heavy (non-hydrogen) atoms. The fourth-order valence-electron chi connectivity index (χ4n) is 2.15. The predicted octanol–water partition coefficient (Wildman–Crippen LogP) is 2.85. The molecule has 2 rings (SSSR count). The molecule has 0 bridgehead atoms. The van der Waals surface area contributed by atoms with Crippen LogP contribution in [-0.2, 0) is 0 Å². The van der Waals surface area contributed by atoms with Crippen LogP contribution in [0.1, 0.15) is 42.5 Å².